The maximum absolute atomic E-state index is 12.4. The van der Waals surface area contributed by atoms with Crippen molar-refractivity contribution in [2.75, 3.05) is 6.61 Å². The van der Waals surface area contributed by atoms with Gasteiger partial charge in [-0.15, -0.1) is 0 Å². The van der Waals surface area contributed by atoms with Gasteiger partial charge in [0.1, 0.15) is 5.76 Å². The Labute approximate surface area is 141 Å². The molecule has 1 heterocycles. The number of aryl methyl sites for hydroxylation is 1. The highest BCUT2D eigenvalue weighted by atomic mass is 16.5. The molecule has 2 rings (SSSR count). The maximum Gasteiger partial charge on any atom is 0.427 e. The number of rotatable bonds is 3. The van der Waals surface area contributed by atoms with Crippen molar-refractivity contribution in [3.8, 4) is 0 Å². The molecule has 0 aliphatic heterocycles. The molecule has 0 spiro atoms. The molecule has 1 aliphatic carbocycles. The fourth-order valence-corrected chi connectivity index (χ4v) is 2.67. The van der Waals surface area contributed by atoms with Gasteiger partial charge in [-0.2, -0.15) is 5.10 Å². The molecule has 0 bridgehead atoms. The normalized spacial score (nSPS) is 15.8. The summed E-state index contributed by atoms with van der Waals surface area (Å²) in [5.41, 5.74) is 4.31. The number of hydrogen-bond acceptors (Lipinski definition) is 5. The standard InChI is InChI=1S/C17H25N3O4/c1-6-23-16(22)20-19-11-8-7-9-12-13(11)10(2)14(24-12)15(21)18-17(3,4)5/h6-9H2,1-5H3,(H,18,21)(H,20,22)/b19-11+. The molecule has 1 aliphatic rings. The molecule has 132 valence electrons. The van der Waals surface area contributed by atoms with Crippen LogP contribution in [-0.4, -0.2) is 29.9 Å². The zero-order valence-corrected chi connectivity index (χ0v) is 14.9. The van der Waals surface area contributed by atoms with Crippen LogP contribution in [0.25, 0.3) is 0 Å². The molecule has 0 unspecified atom stereocenters. The second-order valence-electron chi connectivity index (χ2n) is 6.80. The molecule has 7 heteroatoms. The van der Waals surface area contributed by atoms with Crippen LogP contribution in [0, 0.1) is 6.92 Å². The lowest BCUT2D eigenvalue weighted by molar-refractivity contribution is 0.0888. The van der Waals surface area contributed by atoms with Gasteiger partial charge in [0, 0.05) is 23.1 Å². The van der Waals surface area contributed by atoms with Gasteiger partial charge >= 0.3 is 6.09 Å². The number of hydrazone groups is 1. The summed E-state index contributed by atoms with van der Waals surface area (Å²) in [6, 6.07) is 0. The van der Waals surface area contributed by atoms with Gasteiger partial charge in [0.2, 0.25) is 0 Å². The summed E-state index contributed by atoms with van der Waals surface area (Å²) in [6.45, 7) is 9.60. The molecule has 0 fully saturated rings. The number of ether oxygens (including phenoxy) is 1. The van der Waals surface area contributed by atoms with Crippen molar-refractivity contribution >= 4 is 17.7 Å². The first-order chi connectivity index (χ1) is 11.2. The van der Waals surface area contributed by atoms with E-state index in [-0.39, 0.29) is 18.1 Å². The Balaban J connectivity index is 2.28. The number of nitrogens with one attached hydrogen (secondary N) is 2. The molecular weight excluding hydrogens is 310 g/mol. The molecule has 1 aromatic rings. The molecule has 0 atom stereocenters. The van der Waals surface area contributed by atoms with Crippen molar-refractivity contribution in [2.45, 2.75) is 59.4 Å². The lowest BCUT2D eigenvalue weighted by Gasteiger charge is -2.19. The Kier molecular flexibility index (Phi) is 5.31. The van der Waals surface area contributed by atoms with Crippen molar-refractivity contribution in [3.63, 3.8) is 0 Å². The van der Waals surface area contributed by atoms with Crippen LogP contribution in [0.4, 0.5) is 4.79 Å². The fourth-order valence-electron chi connectivity index (χ4n) is 2.67. The second kappa shape index (κ2) is 7.07. The van der Waals surface area contributed by atoms with E-state index in [1.54, 1.807) is 6.92 Å². The van der Waals surface area contributed by atoms with Crippen molar-refractivity contribution in [3.05, 3.63) is 22.6 Å². The second-order valence-corrected chi connectivity index (χ2v) is 6.80. The van der Waals surface area contributed by atoms with Gasteiger partial charge in [-0.25, -0.2) is 10.2 Å². The van der Waals surface area contributed by atoms with Crippen LogP contribution < -0.4 is 10.7 Å². The average molecular weight is 335 g/mol. The topological polar surface area (TPSA) is 92.9 Å². The van der Waals surface area contributed by atoms with Gasteiger partial charge < -0.3 is 14.5 Å². The molecule has 24 heavy (non-hydrogen) atoms. The monoisotopic (exact) mass is 335 g/mol. The van der Waals surface area contributed by atoms with Crippen LogP contribution in [0.15, 0.2) is 9.52 Å². The Morgan fingerprint density at radius 3 is 2.62 bits per heavy atom. The molecular formula is C17H25N3O4. The smallest absolute Gasteiger partial charge is 0.427 e. The van der Waals surface area contributed by atoms with Crippen LogP contribution in [-0.2, 0) is 11.2 Å². The minimum Gasteiger partial charge on any atom is -0.455 e. The molecule has 0 radical (unpaired) electrons. The van der Waals surface area contributed by atoms with Crippen molar-refractivity contribution in [2.24, 2.45) is 5.10 Å². The molecule has 0 saturated heterocycles. The molecule has 2 N–H and O–H groups in total. The van der Waals surface area contributed by atoms with E-state index in [9.17, 15) is 9.59 Å². The highest BCUT2D eigenvalue weighted by Gasteiger charge is 2.29. The Morgan fingerprint density at radius 2 is 2.00 bits per heavy atom. The zero-order chi connectivity index (χ0) is 17.9. The van der Waals surface area contributed by atoms with Gasteiger partial charge in [-0.05, 0) is 47.5 Å². The number of hydrogen-bond donors (Lipinski definition) is 2. The SMILES string of the molecule is CCOC(=O)N/N=C1\CCCc2oc(C(=O)NC(C)(C)C)c(C)c21. The van der Waals surface area contributed by atoms with Gasteiger partial charge in [-0.1, -0.05) is 0 Å². The Morgan fingerprint density at radius 1 is 1.29 bits per heavy atom. The third kappa shape index (κ3) is 4.15. The predicted molar refractivity (Wildman–Crippen MR) is 90.3 cm³/mol. The van der Waals surface area contributed by atoms with E-state index in [1.807, 2.05) is 27.7 Å². The van der Waals surface area contributed by atoms with Crippen LogP contribution >= 0.6 is 0 Å². The average Bonchev–Trinajstić information content (AvgIpc) is 2.82. The number of fused-ring (bicyclic) bond motifs is 1. The summed E-state index contributed by atoms with van der Waals surface area (Å²) in [6.07, 6.45) is 1.71. The van der Waals surface area contributed by atoms with E-state index < -0.39 is 6.09 Å². The molecule has 1 aromatic heterocycles. The Hall–Kier alpha value is -2.31. The first kappa shape index (κ1) is 18.0. The molecule has 2 amide bonds. The van der Waals surface area contributed by atoms with E-state index in [2.05, 4.69) is 15.8 Å². The summed E-state index contributed by atoms with van der Waals surface area (Å²) in [5.74, 6) is 0.801. The largest absolute Gasteiger partial charge is 0.455 e. The lowest BCUT2D eigenvalue weighted by atomic mass is 9.93. The first-order valence-corrected chi connectivity index (χ1v) is 8.17. The third-order valence-electron chi connectivity index (χ3n) is 3.58. The number of furan rings is 1. The van der Waals surface area contributed by atoms with Crippen molar-refractivity contribution in [1.82, 2.24) is 10.7 Å². The number of amides is 2. The summed E-state index contributed by atoms with van der Waals surface area (Å²) in [5, 5.41) is 7.06. The van der Waals surface area contributed by atoms with Crippen molar-refractivity contribution < 1.29 is 18.7 Å². The lowest BCUT2D eigenvalue weighted by Crippen LogP contribution is -2.40. The van der Waals surface area contributed by atoms with Gasteiger partial charge in [0.25, 0.3) is 5.91 Å². The predicted octanol–water partition coefficient (Wildman–Crippen LogP) is 2.90. The minimum atomic E-state index is -0.594. The molecule has 0 saturated carbocycles. The fraction of sp³-hybridized carbons (Fsp3) is 0.588. The highest BCUT2D eigenvalue weighted by molar-refractivity contribution is 6.06. The van der Waals surface area contributed by atoms with Crippen LogP contribution in [0.1, 0.15) is 68.0 Å². The molecule has 0 aromatic carbocycles. The van der Waals surface area contributed by atoms with Crippen LogP contribution in [0.5, 0.6) is 0 Å². The van der Waals surface area contributed by atoms with E-state index in [1.165, 1.54) is 0 Å². The number of nitrogens with zero attached hydrogens (tertiary/aromatic N) is 1. The van der Waals surface area contributed by atoms with E-state index in [0.717, 1.165) is 29.7 Å². The molecule has 7 nitrogen and oxygen atoms in total. The van der Waals surface area contributed by atoms with Crippen LogP contribution in [0.3, 0.4) is 0 Å². The van der Waals surface area contributed by atoms with Gasteiger partial charge in [-0.3, -0.25) is 4.79 Å². The summed E-state index contributed by atoms with van der Waals surface area (Å²) >= 11 is 0. The quantitative estimate of drug-likeness (QED) is 0.831. The zero-order valence-electron chi connectivity index (χ0n) is 14.9. The summed E-state index contributed by atoms with van der Waals surface area (Å²) in [7, 11) is 0. The summed E-state index contributed by atoms with van der Waals surface area (Å²) in [4.78, 5) is 23.8. The van der Waals surface area contributed by atoms with Gasteiger partial charge in [0.15, 0.2) is 5.76 Å². The van der Waals surface area contributed by atoms with E-state index >= 15 is 0 Å². The van der Waals surface area contributed by atoms with Crippen molar-refractivity contribution in [1.29, 1.82) is 0 Å². The summed E-state index contributed by atoms with van der Waals surface area (Å²) < 4.78 is 10.6. The van der Waals surface area contributed by atoms with E-state index in [4.69, 9.17) is 9.15 Å². The third-order valence-corrected chi connectivity index (χ3v) is 3.58. The highest BCUT2D eigenvalue weighted by Crippen LogP contribution is 2.30. The first-order valence-electron chi connectivity index (χ1n) is 8.17. The minimum absolute atomic E-state index is 0.243. The van der Waals surface area contributed by atoms with Crippen LogP contribution in [0.2, 0.25) is 0 Å². The maximum atomic E-state index is 12.4. The van der Waals surface area contributed by atoms with E-state index in [0.29, 0.717) is 17.9 Å². The number of carbonyl (C=O) groups is 2. The Bertz CT molecular complexity index is 668. The van der Waals surface area contributed by atoms with Gasteiger partial charge in [0.05, 0.1) is 12.3 Å². The number of carbonyl (C=O) groups excluding carboxylic acids is 2.